The van der Waals surface area contributed by atoms with Crippen molar-refractivity contribution in [2.75, 3.05) is 0 Å². The molecule has 0 amide bonds. The molecule has 9 heavy (non-hydrogen) atoms. The zero-order valence-electron chi connectivity index (χ0n) is 5.43. The van der Waals surface area contributed by atoms with Gasteiger partial charge in [0, 0.05) is 17.1 Å². The monoisotopic (exact) mass is 220 g/mol. The van der Waals surface area contributed by atoms with Gasteiger partial charge in [-0.05, 0) is 0 Å². The summed E-state index contributed by atoms with van der Waals surface area (Å²) in [5, 5.41) is 0. The van der Waals surface area contributed by atoms with Crippen LogP contribution in [0.25, 0.3) is 0 Å². The summed E-state index contributed by atoms with van der Waals surface area (Å²) < 4.78 is 8.55. The molecule has 9 heteroatoms. The molecule has 4 nitrogen and oxygen atoms in total. The molecule has 0 radical (unpaired) electrons. The van der Waals surface area contributed by atoms with E-state index in [0.717, 1.165) is 0 Å². The Kier molecular flexibility index (Phi) is 46.8. The van der Waals surface area contributed by atoms with Crippen LogP contribution < -0.4 is 114 Å². The molecule has 0 N–H and O–H groups in total. The summed E-state index contributed by atoms with van der Waals surface area (Å²) in [6.45, 7) is 0. The molecule has 0 saturated heterocycles. The summed E-state index contributed by atoms with van der Waals surface area (Å²) in [6, 6.07) is 0. The predicted octanol–water partition coefficient (Wildman–Crippen LogP) is -11.8. The van der Waals surface area contributed by atoms with Crippen molar-refractivity contribution in [1.29, 1.82) is 0 Å². The molecule has 0 unspecified atom stereocenters. The van der Waals surface area contributed by atoms with E-state index in [1.165, 1.54) is 0 Å². The molecule has 0 bridgehead atoms. The van der Waals surface area contributed by atoms with Crippen LogP contribution in [0.2, 0.25) is 0 Å². The molecule has 0 aliphatic heterocycles. The molecule has 0 rings (SSSR count). The van der Waals surface area contributed by atoms with Crippen LogP contribution in [0.3, 0.4) is 0 Å². The van der Waals surface area contributed by atoms with Crippen molar-refractivity contribution in [3.8, 4) is 0 Å². The van der Waals surface area contributed by atoms with Crippen LogP contribution in [0, 0.1) is 0 Å². The fourth-order valence-electron chi connectivity index (χ4n) is 0. The molecular weight excluding hydrogens is 220 g/mol. The second kappa shape index (κ2) is 14.4. The summed E-state index contributed by atoms with van der Waals surface area (Å²) in [5.74, 6) is 0. The third-order valence-electron chi connectivity index (χ3n) is 0. The van der Waals surface area contributed by atoms with Gasteiger partial charge in [0.05, 0.1) is 0 Å². The minimum absolute atomic E-state index is 0. The van der Waals surface area contributed by atoms with E-state index >= 15 is 0 Å². The van der Waals surface area contributed by atoms with Crippen molar-refractivity contribution in [3.63, 3.8) is 0 Å². The Bertz CT molecular complexity index is 66.7. The second-order valence-corrected chi connectivity index (χ2v) is 1.34. The third kappa shape index (κ3) is 77.3. The molecule has 0 fully saturated rings. The molecule has 0 aromatic heterocycles. The Morgan fingerprint density at radius 1 is 1.11 bits per heavy atom. The Hall–Kier alpha value is 3.86. The maximum atomic E-state index is 8.55. The second-order valence-electron chi connectivity index (χ2n) is 0.447. The van der Waals surface area contributed by atoms with E-state index in [1.807, 2.05) is 0 Å². The first-order valence-corrected chi connectivity index (χ1v) is 2.19. The summed E-state index contributed by atoms with van der Waals surface area (Å²) in [7, 11) is -5.39. The molecule has 0 aromatic rings. The van der Waals surface area contributed by atoms with Crippen LogP contribution in [0.1, 0.15) is 0 Å². The minimum Gasteiger partial charge on any atom is -0.822 e. The van der Waals surface area contributed by atoms with Crippen LogP contribution in [-0.4, -0.2) is 0 Å². The Morgan fingerprint density at radius 2 is 1.11 bits per heavy atom. The molecule has 0 aliphatic carbocycles. The third-order valence-corrected chi connectivity index (χ3v) is 0. The minimum atomic E-state index is -5.39. The van der Waals surface area contributed by atoms with E-state index < -0.39 is 7.82 Å². The fraction of sp³-hybridized carbons (Fsp3) is 0. The Labute approximate surface area is 141 Å². The maximum absolute atomic E-state index is 8.55. The zero-order chi connectivity index (χ0) is 4.50. The van der Waals surface area contributed by atoms with E-state index in [9.17, 15) is 0 Å². The topological polar surface area (TPSA) is 86.2 Å². The SMILES string of the molecule is O=P([O-])([O-])[O-].[Fe].[K+].[Li+].[Na+]. The van der Waals surface area contributed by atoms with Gasteiger partial charge < -0.3 is 19.2 Å². The van der Waals surface area contributed by atoms with Crippen molar-refractivity contribution < 1.29 is 136 Å². The molecule has 40 valence electrons. The van der Waals surface area contributed by atoms with E-state index in [1.54, 1.807) is 0 Å². The van der Waals surface area contributed by atoms with Crippen LogP contribution in [0.15, 0.2) is 0 Å². The van der Waals surface area contributed by atoms with Crippen molar-refractivity contribution in [3.05, 3.63) is 0 Å². The largest absolute Gasteiger partial charge is 1.00 e. The van der Waals surface area contributed by atoms with E-state index in [4.69, 9.17) is 19.2 Å². The van der Waals surface area contributed by atoms with Gasteiger partial charge in [-0.2, -0.15) is 7.82 Å². The van der Waals surface area contributed by atoms with Crippen molar-refractivity contribution in [2.45, 2.75) is 0 Å². The Balaban J connectivity index is -0.0000000133. The van der Waals surface area contributed by atoms with Gasteiger partial charge in [-0.3, -0.25) is 0 Å². The smallest absolute Gasteiger partial charge is 0.822 e. The first-order chi connectivity index (χ1) is 2.00. The van der Waals surface area contributed by atoms with Crippen molar-refractivity contribution in [1.82, 2.24) is 0 Å². The average molecular weight is 220 g/mol. The number of phosphoric acid groups is 1. The first-order valence-electron chi connectivity index (χ1n) is 0.730. The van der Waals surface area contributed by atoms with Gasteiger partial charge >= 0.3 is 99.8 Å². The van der Waals surface area contributed by atoms with E-state index in [2.05, 4.69) is 0 Å². The summed E-state index contributed by atoms with van der Waals surface area (Å²) in [5.41, 5.74) is 0. The molecular formula is FeKLiNaO4P. The number of rotatable bonds is 0. The first kappa shape index (κ1) is 29.3. The van der Waals surface area contributed by atoms with Gasteiger partial charge in [-0.15, -0.1) is 0 Å². The van der Waals surface area contributed by atoms with Gasteiger partial charge in [0.1, 0.15) is 0 Å². The fourth-order valence-corrected chi connectivity index (χ4v) is 0. The van der Waals surface area contributed by atoms with Gasteiger partial charge in [-0.25, -0.2) is 0 Å². The molecule has 0 aliphatic rings. The van der Waals surface area contributed by atoms with Gasteiger partial charge in [0.25, 0.3) is 0 Å². The molecule has 0 saturated carbocycles. The summed E-state index contributed by atoms with van der Waals surface area (Å²) >= 11 is 0. The van der Waals surface area contributed by atoms with Gasteiger partial charge in [0.2, 0.25) is 0 Å². The quantitative estimate of drug-likeness (QED) is 0.299. The summed E-state index contributed by atoms with van der Waals surface area (Å²) in [6.07, 6.45) is 0. The molecule has 0 heterocycles. The van der Waals surface area contributed by atoms with Crippen LogP contribution in [-0.2, 0) is 21.6 Å². The van der Waals surface area contributed by atoms with E-state index in [-0.39, 0.29) is 117 Å². The average Bonchev–Trinajstić information content (AvgIpc) is 0.722. The molecule has 0 spiro atoms. The summed E-state index contributed by atoms with van der Waals surface area (Å²) in [4.78, 5) is 25.6. The van der Waals surface area contributed by atoms with Crippen molar-refractivity contribution in [2.24, 2.45) is 0 Å². The normalized spacial score (nSPS) is 6.56. The number of hydrogen-bond donors (Lipinski definition) is 0. The standard InChI is InChI=1S/Fe.K.Li.Na.H3O4P/c;;;;1-5(2,3)4/h;;;;(H3,1,2,3,4)/q;3*+1;/p-3. The zero-order valence-corrected chi connectivity index (χ0v) is 12.6. The molecule has 0 atom stereocenters. The van der Waals surface area contributed by atoms with Gasteiger partial charge in [-0.1, -0.05) is 0 Å². The van der Waals surface area contributed by atoms with Crippen LogP contribution in [0.4, 0.5) is 0 Å². The predicted molar refractivity (Wildman–Crippen MR) is 7.61 cm³/mol. The van der Waals surface area contributed by atoms with Crippen molar-refractivity contribution >= 4 is 7.82 Å². The van der Waals surface area contributed by atoms with Crippen LogP contribution in [0.5, 0.6) is 0 Å². The maximum Gasteiger partial charge on any atom is 1.00 e. The Morgan fingerprint density at radius 3 is 1.11 bits per heavy atom. The van der Waals surface area contributed by atoms with Crippen LogP contribution >= 0.6 is 7.82 Å². The van der Waals surface area contributed by atoms with Gasteiger partial charge in [0.15, 0.2) is 0 Å². The van der Waals surface area contributed by atoms with E-state index in [0.29, 0.717) is 0 Å². The molecule has 0 aromatic carbocycles. The number of hydrogen-bond acceptors (Lipinski definition) is 4.